The number of hydrogen-bond acceptors (Lipinski definition) is 4. The number of hydrogen-bond donors (Lipinski definition) is 1. The van der Waals surface area contributed by atoms with Crippen LogP contribution in [0.2, 0.25) is 0 Å². The Bertz CT molecular complexity index is 260. The number of esters is 1. The van der Waals surface area contributed by atoms with E-state index in [1.54, 1.807) is 6.92 Å². The quantitative estimate of drug-likeness (QED) is 0.694. The number of carbonyl (C=O) groups excluding carboxylic acids is 2. The smallest absolute Gasteiger partial charge is 0.323 e. The van der Waals surface area contributed by atoms with Crippen molar-refractivity contribution in [3.63, 3.8) is 0 Å². The van der Waals surface area contributed by atoms with E-state index in [4.69, 9.17) is 10.5 Å². The fourth-order valence-corrected chi connectivity index (χ4v) is 1.98. The molecule has 1 aliphatic rings. The standard InChI is InChI=1S/C11H20N2O3/c1-3-16-11(15)8(2)13-6-4-9(5-7-13)10(12)14/h8-9H,3-7H2,1-2H3,(H2,12,14). The molecule has 1 rings (SSSR count). The van der Waals surface area contributed by atoms with Crippen LogP contribution in [0.3, 0.4) is 0 Å². The largest absolute Gasteiger partial charge is 0.465 e. The van der Waals surface area contributed by atoms with Gasteiger partial charge in [0.2, 0.25) is 5.91 Å². The molecule has 5 nitrogen and oxygen atoms in total. The number of primary amides is 1. The molecule has 0 saturated carbocycles. The maximum Gasteiger partial charge on any atom is 0.323 e. The first kappa shape index (κ1) is 13.0. The van der Waals surface area contributed by atoms with Gasteiger partial charge in [-0.05, 0) is 39.8 Å². The van der Waals surface area contributed by atoms with Crippen LogP contribution in [0.4, 0.5) is 0 Å². The van der Waals surface area contributed by atoms with Gasteiger partial charge >= 0.3 is 5.97 Å². The van der Waals surface area contributed by atoms with Crippen molar-refractivity contribution >= 4 is 11.9 Å². The molecule has 5 heteroatoms. The Morgan fingerprint density at radius 2 is 2.00 bits per heavy atom. The molecule has 2 N–H and O–H groups in total. The van der Waals surface area contributed by atoms with Gasteiger partial charge in [0.05, 0.1) is 6.61 Å². The predicted octanol–water partition coefficient (Wildman–Crippen LogP) is 0.135. The van der Waals surface area contributed by atoms with Gasteiger partial charge in [-0.25, -0.2) is 0 Å². The van der Waals surface area contributed by atoms with E-state index in [2.05, 4.69) is 0 Å². The molecule has 92 valence electrons. The van der Waals surface area contributed by atoms with Crippen molar-refractivity contribution in [2.24, 2.45) is 11.7 Å². The highest BCUT2D eigenvalue weighted by molar-refractivity contribution is 5.77. The van der Waals surface area contributed by atoms with Crippen LogP contribution in [0.5, 0.6) is 0 Å². The first-order valence-corrected chi connectivity index (χ1v) is 5.76. The molecule has 1 saturated heterocycles. The fraction of sp³-hybridized carbons (Fsp3) is 0.818. The van der Waals surface area contributed by atoms with E-state index in [-0.39, 0.29) is 23.8 Å². The Morgan fingerprint density at radius 1 is 1.44 bits per heavy atom. The molecule has 16 heavy (non-hydrogen) atoms. The number of carbonyl (C=O) groups is 2. The van der Waals surface area contributed by atoms with Crippen LogP contribution in [-0.2, 0) is 14.3 Å². The third kappa shape index (κ3) is 3.20. The SMILES string of the molecule is CCOC(=O)C(C)N1CCC(C(N)=O)CC1. The average molecular weight is 228 g/mol. The second-order valence-electron chi connectivity index (χ2n) is 4.14. The third-order valence-electron chi connectivity index (χ3n) is 3.11. The molecule has 0 radical (unpaired) electrons. The van der Waals surface area contributed by atoms with E-state index in [0.29, 0.717) is 6.61 Å². The number of nitrogens with two attached hydrogens (primary N) is 1. The summed E-state index contributed by atoms with van der Waals surface area (Å²) in [7, 11) is 0. The van der Waals surface area contributed by atoms with Crippen molar-refractivity contribution in [2.75, 3.05) is 19.7 Å². The molecule has 1 aliphatic heterocycles. The summed E-state index contributed by atoms with van der Waals surface area (Å²) in [5.74, 6) is -0.464. The minimum Gasteiger partial charge on any atom is -0.465 e. The molecule has 1 atom stereocenters. The van der Waals surface area contributed by atoms with Crippen LogP contribution in [0.1, 0.15) is 26.7 Å². The van der Waals surface area contributed by atoms with Crippen molar-refractivity contribution in [1.82, 2.24) is 4.90 Å². The Labute approximate surface area is 95.9 Å². The Morgan fingerprint density at radius 3 is 2.44 bits per heavy atom. The Kier molecular flexibility index (Phi) is 4.73. The molecule has 0 aromatic rings. The molecule has 0 bridgehead atoms. The summed E-state index contributed by atoms with van der Waals surface area (Å²) < 4.78 is 4.96. The lowest BCUT2D eigenvalue weighted by atomic mass is 9.95. The summed E-state index contributed by atoms with van der Waals surface area (Å²) in [5, 5.41) is 0. The molecular formula is C11H20N2O3. The highest BCUT2D eigenvalue weighted by atomic mass is 16.5. The van der Waals surface area contributed by atoms with Gasteiger partial charge in [-0.15, -0.1) is 0 Å². The number of amides is 1. The molecule has 1 unspecified atom stereocenters. The second kappa shape index (κ2) is 5.84. The first-order valence-electron chi connectivity index (χ1n) is 5.76. The number of nitrogens with zero attached hydrogens (tertiary/aromatic N) is 1. The van der Waals surface area contributed by atoms with Gasteiger partial charge in [0.1, 0.15) is 6.04 Å². The van der Waals surface area contributed by atoms with Crippen LogP contribution in [-0.4, -0.2) is 42.5 Å². The minimum atomic E-state index is -0.233. The van der Waals surface area contributed by atoms with Gasteiger partial charge in [-0.3, -0.25) is 14.5 Å². The maximum atomic E-state index is 11.5. The molecule has 0 aromatic heterocycles. The monoisotopic (exact) mass is 228 g/mol. The summed E-state index contributed by atoms with van der Waals surface area (Å²) in [6.45, 7) is 5.49. The fourth-order valence-electron chi connectivity index (χ4n) is 1.98. The highest BCUT2D eigenvalue weighted by Gasteiger charge is 2.29. The zero-order valence-corrected chi connectivity index (χ0v) is 9.94. The zero-order chi connectivity index (χ0) is 12.1. The molecule has 1 fully saturated rings. The molecule has 0 aliphatic carbocycles. The summed E-state index contributed by atoms with van der Waals surface area (Å²) in [6.07, 6.45) is 1.47. The van der Waals surface area contributed by atoms with Crippen LogP contribution in [0.15, 0.2) is 0 Å². The van der Waals surface area contributed by atoms with Gasteiger partial charge in [0, 0.05) is 5.92 Å². The van der Waals surface area contributed by atoms with Gasteiger partial charge in [0.25, 0.3) is 0 Å². The zero-order valence-electron chi connectivity index (χ0n) is 9.94. The number of likely N-dealkylation sites (tertiary alicyclic amines) is 1. The molecule has 0 aromatic carbocycles. The van der Waals surface area contributed by atoms with Crippen molar-refractivity contribution < 1.29 is 14.3 Å². The highest BCUT2D eigenvalue weighted by Crippen LogP contribution is 2.18. The molecular weight excluding hydrogens is 208 g/mol. The van der Waals surface area contributed by atoms with Crippen molar-refractivity contribution in [2.45, 2.75) is 32.7 Å². The minimum absolute atomic E-state index is 0.0364. The Balaban J connectivity index is 2.41. The lowest BCUT2D eigenvalue weighted by molar-refractivity contribution is -0.149. The summed E-state index contributed by atoms with van der Waals surface area (Å²) in [6, 6.07) is -0.228. The van der Waals surface area contributed by atoms with Gasteiger partial charge in [0.15, 0.2) is 0 Å². The second-order valence-corrected chi connectivity index (χ2v) is 4.14. The third-order valence-corrected chi connectivity index (χ3v) is 3.11. The summed E-state index contributed by atoms with van der Waals surface area (Å²) >= 11 is 0. The maximum absolute atomic E-state index is 11.5. The number of rotatable bonds is 4. The van der Waals surface area contributed by atoms with E-state index in [0.717, 1.165) is 25.9 Å². The topological polar surface area (TPSA) is 72.6 Å². The van der Waals surface area contributed by atoms with Gasteiger partial charge in [-0.2, -0.15) is 0 Å². The van der Waals surface area contributed by atoms with Crippen molar-refractivity contribution in [3.8, 4) is 0 Å². The van der Waals surface area contributed by atoms with Gasteiger partial charge in [-0.1, -0.05) is 0 Å². The van der Waals surface area contributed by atoms with Crippen LogP contribution in [0, 0.1) is 5.92 Å². The summed E-state index contributed by atoms with van der Waals surface area (Å²) in [5.41, 5.74) is 5.25. The van der Waals surface area contributed by atoms with Crippen LogP contribution < -0.4 is 5.73 Å². The van der Waals surface area contributed by atoms with E-state index < -0.39 is 0 Å². The van der Waals surface area contributed by atoms with Crippen molar-refractivity contribution in [3.05, 3.63) is 0 Å². The normalized spacial score (nSPS) is 20.4. The molecule has 1 heterocycles. The lowest BCUT2D eigenvalue weighted by Crippen LogP contribution is -2.46. The first-order chi connectivity index (χ1) is 7.56. The molecule has 0 spiro atoms. The van der Waals surface area contributed by atoms with Gasteiger partial charge < -0.3 is 10.5 Å². The van der Waals surface area contributed by atoms with Crippen molar-refractivity contribution in [1.29, 1.82) is 0 Å². The average Bonchev–Trinajstić information content (AvgIpc) is 2.28. The molecule has 1 amide bonds. The van der Waals surface area contributed by atoms with E-state index in [9.17, 15) is 9.59 Å². The van der Waals surface area contributed by atoms with E-state index in [1.165, 1.54) is 0 Å². The number of ether oxygens (including phenoxy) is 1. The Hall–Kier alpha value is -1.10. The van der Waals surface area contributed by atoms with Crippen LogP contribution in [0.25, 0.3) is 0 Å². The lowest BCUT2D eigenvalue weighted by Gasteiger charge is -2.33. The van der Waals surface area contributed by atoms with E-state index in [1.807, 2.05) is 11.8 Å². The van der Waals surface area contributed by atoms with Crippen LogP contribution >= 0.6 is 0 Å². The van der Waals surface area contributed by atoms with E-state index >= 15 is 0 Å². The summed E-state index contributed by atoms with van der Waals surface area (Å²) in [4.78, 5) is 24.5. The predicted molar refractivity (Wildman–Crippen MR) is 59.6 cm³/mol. The number of piperidine rings is 1.